The van der Waals surface area contributed by atoms with Gasteiger partial charge in [0.25, 0.3) is 0 Å². The predicted molar refractivity (Wildman–Crippen MR) is 115 cm³/mol. The maximum absolute atomic E-state index is 12.3. The molecule has 0 aliphatic heterocycles. The van der Waals surface area contributed by atoms with Crippen molar-refractivity contribution in [2.45, 2.75) is 0 Å². The third kappa shape index (κ3) is 4.75. The molecule has 0 saturated carbocycles. The third-order valence-electron chi connectivity index (χ3n) is 4.36. The lowest BCUT2D eigenvalue weighted by Gasteiger charge is -2.14. The molecule has 0 bridgehead atoms. The molecule has 4 aromatic rings. The van der Waals surface area contributed by atoms with E-state index in [2.05, 4.69) is 18.2 Å². The molecule has 0 aliphatic rings. The highest BCUT2D eigenvalue weighted by atomic mass is 31.2. The lowest BCUT2D eigenvalue weighted by Crippen LogP contribution is -1.99. The van der Waals surface area contributed by atoms with E-state index in [1.165, 1.54) is 0 Å². The molecule has 0 heterocycles. The number of hydrogen-bond acceptors (Lipinski definition) is 3. The zero-order chi connectivity index (χ0) is 20.1. The summed E-state index contributed by atoms with van der Waals surface area (Å²) in [4.78, 5) is 10.0. The summed E-state index contributed by atoms with van der Waals surface area (Å²) >= 11 is 0. The van der Waals surface area contributed by atoms with Crippen molar-refractivity contribution in [3.63, 3.8) is 0 Å². The molecule has 4 nitrogen and oxygen atoms in total. The Morgan fingerprint density at radius 3 is 1.48 bits per heavy atom. The van der Waals surface area contributed by atoms with Crippen molar-refractivity contribution in [1.29, 1.82) is 0 Å². The minimum absolute atomic E-state index is 0.257. The van der Waals surface area contributed by atoms with Crippen LogP contribution in [0.25, 0.3) is 22.3 Å². The van der Waals surface area contributed by atoms with Crippen LogP contribution in [0.5, 0.6) is 11.5 Å². The highest BCUT2D eigenvalue weighted by molar-refractivity contribution is 7.48. The third-order valence-corrected chi connectivity index (χ3v) is 5.25. The molecular formula is C24H19O4P. The molecule has 144 valence electrons. The molecule has 0 fully saturated rings. The molecule has 0 aliphatic carbocycles. The second-order valence-corrected chi connectivity index (χ2v) is 7.70. The van der Waals surface area contributed by atoms with Gasteiger partial charge in [0.05, 0.1) is 0 Å². The number of rotatable bonds is 6. The van der Waals surface area contributed by atoms with Crippen LogP contribution in [0.15, 0.2) is 109 Å². The summed E-state index contributed by atoms with van der Waals surface area (Å²) in [5.74, 6) is 0.527. The van der Waals surface area contributed by atoms with Gasteiger partial charge in [-0.15, -0.1) is 0 Å². The normalized spacial score (nSPS) is 12.7. The Balaban J connectivity index is 1.56. The van der Waals surface area contributed by atoms with Gasteiger partial charge in [0.2, 0.25) is 0 Å². The van der Waals surface area contributed by atoms with Crippen LogP contribution < -0.4 is 9.05 Å². The SMILES string of the molecule is O=P(O)(Oc1ccccc1)Oc1ccc(-c2ccccc2-c2ccccc2)cc1. The summed E-state index contributed by atoms with van der Waals surface area (Å²) in [6, 6.07) is 33.7. The van der Waals surface area contributed by atoms with Crippen molar-refractivity contribution in [1.82, 2.24) is 0 Å². The van der Waals surface area contributed by atoms with Gasteiger partial charge in [0, 0.05) is 0 Å². The van der Waals surface area contributed by atoms with E-state index in [4.69, 9.17) is 9.05 Å². The molecule has 4 aromatic carbocycles. The Bertz CT molecular complexity index is 1130. The van der Waals surface area contributed by atoms with E-state index in [1.807, 2.05) is 48.5 Å². The smallest absolute Gasteiger partial charge is 0.395 e. The van der Waals surface area contributed by atoms with E-state index in [0.717, 1.165) is 22.3 Å². The lowest BCUT2D eigenvalue weighted by atomic mass is 9.95. The Hall–Kier alpha value is -3.33. The number of hydrogen-bond donors (Lipinski definition) is 1. The Labute approximate surface area is 169 Å². The van der Waals surface area contributed by atoms with E-state index < -0.39 is 7.82 Å². The second-order valence-electron chi connectivity index (χ2n) is 6.40. The van der Waals surface area contributed by atoms with Crippen molar-refractivity contribution >= 4 is 7.82 Å². The van der Waals surface area contributed by atoms with Gasteiger partial charge in [-0.05, 0) is 46.5 Å². The molecule has 1 atom stereocenters. The predicted octanol–water partition coefficient (Wildman–Crippen LogP) is 6.58. The van der Waals surface area contributed by atoms with Gasteiger partial charge in [0.15, 0.2) is 0 Å². The molecule has 0 amide bonds. The summed E-state index contributed by atoms with van der Waals surface area (Å²) in [6.45, 7) is 0. The molecule has 0 aromatic heterocycles. The van der Waals surface area contributed by atoms with Crippen LogP contribution in [-0.2, 0) is 4.57 Å². The van der Waals surface area contributed by atoms with Gasteiger partial charge in [-0.25, -0.2) is 4.57 Å². The van der Waals surface area contributed by atoms with Gasteiger partial charge < -0.3 is 9.05 Å². The first-order valence-electron chi connectivity index (χ1n) is 9.13. The number of para-hydroxylation sites is 1. The quantitative estimate of drug-likeness (QED) is 0.370. The average molecular weight is 402 g/mol. The van der Waals surface area contributed by atoms with Gasteiger partial charge >= 0.3 is 7.82 Å². The van der Waals surface area contributed by atoms with Crippen molar-refractivity contribution in [3.05, 3.63) is 109 Å². The summed E-state index contributed by atoms with van der Waals surface area (Å²) in [5.41, 5.74) is 4.29. The Morgan fingerprint density at radius 2 is 0.931 bits per heavy atom. The van der Waals surface area contributed by atoms with E-state index in [-0.39, 0.29) is 11.5 Å². The highest BCUT2D eigenvalue weighted by Crippen LogP contribution is 2.44. The zero-order valence-electron chi connectivity index (χ0n) is 15.5. The maximum Gasteiger partial charge on any atom is 0.584 e. The Kier molecular flexibility index (Phi) is 5.48. The molecule has 29 heavy (non-hydrogen) atoms. The fourth-order valence-electron chi connectivity index (χ4n) is 3.07. The first-order chi connectivity index (χ1) is 14.1. The van der Waals surface area contributed by atoms with E-state index in [9.17, 15) is 9.46 Å². The standard InChI is InChI=1S/C24H19O4P/c25-29(26,27-21-11-5-2-6-12-21)28-22-17-15-20(16-18-22)24-14-8-7-13-23(24)19-9-3-1-4-10-19/h1-18H,(H,25,26). The summed E-state index contributed by atoms with van der Waals surface area (Å²) in [6.07, 6.45) is 0. The van der Waals surface area contributed by atoms with Crippen LogP contribution >= 0.6 is 7.82 Å². The zero-order valence-corrected chi connectivity index (χ0v) is 16.4. The van der Waals surface area contributed by atoms with Crippen LogP contribution in [0, 0.1) is 0 Å². The average Bonchev–Trinajstić information content (AvgIpc) is 2.75. The molecule has 5 heteroatoms. The van der Waals surface area contributed by atoms with Crippen LogP contribution in [0.1, 0.15) is 0 Å². The van der Waals surface area contributed by atoms with Crippen LogP contribution in [-0.4, -0.2) is 4.89 Å². The topological polar surface area (TPSA) is 55.8 Å². The van der Waals surface area contributed by atoms with Crippen molar-refractivity contribution in [2.24, 2.45) is 0 Å². The lowest BCUT2D eigenvalue weighted by molar-refractivity contribution is 0.291. The van der Waals surface area contributed by atoms with Crippen molar-refractivity contribution < 1.29 is 18.5 Å². The van der Waals surface area contributed by atoms with Gasteiger partial charge in [-0.3, -0.25) is 4.89 Å². The minimum atomic E-state index is -4.28. The molecule has 0 saturated heterocycles. The first kappa shape index (κ1) is 19.0. The Morgan fingerprint density at radius 1 is 0.517 bits per heavy atom. The van der Waals surface area contributed by atoms with E-state index in [1.54, 1.807) is 42.5 Å². The largest absolute Gasteiger partial charge is 0.584 e. The second kappa shape index (κ2) is 8.36. The molecule has 1 N–H and O–H groups in total. The van der Waals surface area contributed by atoms with Crippen LogP contribution in [0.4, 0.5) is 0 Å². The summed E-state index contributed by atoms with van der Waals surface area (Å²) < 4.78 is 22.5. The summed E-state index contributed by atoms with van der Waals surface area (Å²) in [5, 5.41) is 0. The van der Waals surface area contributed by atoms with Gasteiger partial charge in [0.1, 0.15) is 11.5 Å². The fourth-order valence-corrected chi connectivity index (χ4v) is 3.88. The molecule has 4 rings (SSSR count). The van der Waals surface area contributed by atoms with Crippen LogP contribution in [0.3, 0.4) is 0 Å². The van der Waals surface area contributed by atoms with Gasteiger partial charge in [-0.2, -0.15) is 0 Å². The monoisotopic (exact) mass is 402 g/mol. The molecule has 0 radical (unpaired) electrons. The number of benzene rings is 4. The first-order valence-corrected chi connectivity index (χ1v) is 10.6. The van der Waals surface area contributed by atoms with Crippen molar-refractivity contribution in [3.8, 4) is 33.8 Å². The number of phosphoric acid groups is 1. The van der Waals surface area contributed by atoms with E-state index >= 15 is 0 Å². The van der Waals surface area contributed by atoms with Crippen molar-refractivity contribution in [2.75, 3.05) is 0 Å². The number of phosphoric ester groups is 1. The minimum Gasteiger partial charge on any atom is -0.395 e. The van der Waals surface area contributed by atoms with Crippen LogP contribution in [0.2, 0.25) is 0 Å². The molecular weight excluding hydrogens is 383 g/mol. The molecule has 0 spiro atoms. The molecule has 1 unspecified atom stereocenters. The maximum atomic E-state index is 12.3. The summed E-state index contributed by atoms with van der Waals surface area (Å²) in [7, 11) is -4.28. The van der Waals surface area contributed by atoms with E-state index in [0.29, 0.717) is 0 Å². The van der Waals surface area contributed by atoms with Gasteiger partial charge in [-0.1, -0.05) is 84.9 Å². The highest BCUT2D eigenvalue weighted by Gasteiger charge is 2.25. The fraction of sp³-hybridized carbons (Fsp3) is 0.